The predicted octanol–water partition coefficient (Wildman–Crippen LogP) is 4.16. The maximum absolute atomic E-state index is 12.5. The van der Waals surface area contributed by atoms with Gasteiger partial charge >= 0.3 is 6.61 Å². The van der Waals surface area contributed by atoms with Crippen molar-refractivity contribution in [3.05, 3.63) is 59.6 Å². The average molecular weight is 390 g/mol. The monoisotopic (exact) mass is 390 g/mol. The fourth-order valence-corrected chi connectivity index (χ4v) is 3.34. The summed E-state index contributed by atoms with van der Waals surface area (Å²) in [6.45, 7) is 1.32. The molecule has 1 saturated heterocycles. The van der Waals surface area contributed by atoms with Crippen LogP contribution in [0.3, 0.4) is 0 Å². The Hall–Kier alpha value is -2.67. The van der Waals surface area contributed by atoms with Crippen LogP contribution >= 0.6 is 0 Å². The Kier molecular flexibility index (Phi) is 6.81. The number of likely N-dealkylation sites (tertiary alicyclic amines) is 1. The van der Waals surface area contributed by atoms with Gasteiger partial charge < -0.3 is 14.5 Å². The van der Waals surface area contributed by atoms with Gasteiger partial charge in [-0.2, -0.15) is 8.78 Å². The first-order chi connectivity index (χ1) is 13.5. The lowest BCUT2D eigenvalue weighted by Crippen LogP contribution is -2.36. The highest BCUT2D eigenvalue weighted by Crippen LogP contribution is 2.26. The van der Waals surface area contributed by atoms with E-state index >= 15 is 0 Å². The molecule has 0 radical (unpaired) electrons. The van der Waals surface area contributed by atoms with Gasteiger partial charge in [-0.3, -0.25) is 9.69 Å². The molecule has 1 atom stereocenters. The predicted molar refractivity (Wildman–Crippen MR) is 102 cm³/mol. The van der Waals surface area contributed by atoms with E-state index in [1.165, 1.54) is 18.2 Å². The molecule has 150 valence electrons. The minimum Gasteiger partial charge on any atom is -0.465 e. The Morgan fingerprint density at radius 2 is 2.00 bits per heavy atom. The summed E-state index contributed by atoms with van der Waals surface area (Å²) >= 11 is 0. The van der Waals surface area contributed by atoms with E-state index in [4.69, 9.17) is 4.42 Å². The number of hydrogen-bond acceptors (Lipinski definition) is 4. The lowest BCUT2D eigenvalue weighted by molar-refractivity contribution is -0.116. The zero-order chi connectivity index (χ0) is 19.9. The molecule has 1 aliphatic heterocycles. The van der Waals surface area contributed by atoms with Gasteiger partial charge in [0, 0.05) is 18.2 Å². The molecule has 0 unspecified atom stereocenters. The summed E-state index contributed by atoms with van der Waals surface area (Å²) in [6, 6.07) is 10.2. The van der Waals surface area contributed by atoms with Crippen LogP contribution in [0.1, 0.15) is 36.0 Å². The minimum atomic E-state index is -2.92. The summed E-state index contributed by atoms with van der Waals surface area (Å²) in [5.74, 6) is 1.39. The van der Waals surface area contributed by atoms with Crippen LogP contribution in [0.25, 0.3) is 6.08 Å². The van der Waals surface area contributed by atoms with E-state index in [-0.39, 0.29) is 17.7 Å². The normalized spacial score (nSPS) is 16.0. The Morgan fingerprint density at radius 1 is 1.25 bits per heavy atom. The number of hydrogen-bond donors (Lipinski definition) is 1. The Labute approximate surface area is 163 Å². The molecule has 2 aromatic rings. The highest BCUT2D eigenvalue weighted by molar-refractivity contribution is 5.92. The van der Waals surface area contributed by atoms with Crippen LogP contribution in [0.5, 0.6) is 5.75 Å². The number of halogens is 2. The quantitative estimate of drug-likeness (QED) is 0.688. The molecule has 1 amide bonds. The number of amides is 1. The summed E-state index contributed by atoms with van der Waals surface area (Å²) < 4.78 is 35.2. The highest BCUT2D eigenvalue weighted by Gasteiger charge is 2.26. The number of benzene rings is 1. The van der Waals surface area contributed by atoms with Gasteiger partial charge in [0.2, 0.25) is 5.91 Å². The van der Waals surface area contributed by atoms with Crippen LogP contribution < -0.4 is 10.1 Å². The summed E-state index contributed by atoms with van der Waals surface area (Å²) in [5.41, 5.74) is 0.413. The first kappa shape index (κ1) is 20.1. The first-order valence-electron chi connectivity index (χ1n) is 9.33. The summed E-state index contributed by atoms with van der Waals surface area (Å²) in [7, 11) is 0. The zero-order valence-corrected chi connectivity index (χ0v) is 15.7. The Morgan fingerprint density at radius 3 is 2.68 bits per heavy atom. The van der Waals surface area contributed by atoms with Gasteiger partial charge in [0.15, 0.2) is 0 Å². The summed E-state index contributed by atoms with van der Waals surface area (Å²) in [4.78, 5) is 14.6. The molecule has 5 nitrogen and oxygen atoms in total. The van der Waals surface area contributed by atoms with Crippen molar-refractivity contribution in [3.63, 3.8) is 0 Å². The maximum Gasteiger partial charge on any atom is 0.387 e. The third-order valence-corrected chi connectivity index (χ3v) is 4.69. The number of rotatable bonds is 8. The van der Waals surface area contributed by atoms with Crippen molar-refractivity contribution in [2.45, 2.75) is 32.4 Å². The first-order valence-corrected chi connectivity index (χ1v) is 9.33. The molecule has 7 heteroatoms. The molecule has 28 heavy (non-hydrogen) atoms. The van der Waals surface area contributed by atoms with Crippen LogP contribution in [-0.2, 0) is 4.79 Å². The maximum atomic E-state index is 12.5. The number of carbonyl (C=O) groups is 1. The smallest absolute Gasteiger partial charge is 0.387 e. The van der Waals surface area contributed by atoms with E-state index < -0.39 is 6.61 Å². The van der Waals surface area contributed by atoms with Crippen molar-refractivity contribution in [1.82, 2.24) is 10.2 Å². The number of aryl methyl sites for hydroxylation is 1. The van der Waals surface area contributed by atoms with Gasteiger partial charge in [-0.15, -0.1) is 0 Å². The molecule has 3 rings (SSSR count). The fraction of sp³-hybridized carbons (Fsp3) is 0.381. The molecule has 1 fully saturated rings. The zero-order valence-electron chi connectivity index (χ0n) is 15.7. The molecule has 1 aliphatic rings. The highest BCUT2D eigenvalue weighted by atomic mass is 19.3. The second-order valence-corrected chi connectivity index (χ2v) is 6.70. The number of alkyl halides is 2. The van der Waals surface area contributed by atoms with Crippen molar-refractivity contribution in [3.8, 4) is 5.75 Å². The number of furan rings is 1. The van der Waals surface area contributed by atoms with Gasteiger partial charge in [-0.25, -0.2) is 0 Å². The molecule has 0 saturated carbocycles. The largest absolute Gasteiger partial charge is 0.465 e. The summed E-state index contributed by atoms with van der Waals surface area (Å²) in [5, 5.41) is 2.88. The lowest BCUT2D eigenvalue weighted by atomic mass is 10.1. The van der Waals surface area contributed by atoms with E-state index in [0.29, 0.717) is 12.1 Å². The topological polar surface area (TPSA) is 54.7 Å². The van der Waals surface area contributed by atoms with Crippen LogP contribution in [-0.4, -0.2) is 37.1 Å². The van der Waals surface area contributed by atoms with E-state index in [1.807, 2.05) is 19.1 Å². The van der Waals surface area contributed by atoms with Crippen molar-refractivity contribution in [2.75, 3.05) is 19.6 Å². The standard InChI is InChI=1S/C21H24F2N2O3/c1-15-8-10-19(27-15)17(25-12-4-5-13-25)14-24-20(26)11-9-16-6-2-3-7-18(16)28-21(22)23/h2-3,6-11,17,21H,4-5,12-14H2,1H3,(H,24,26)/b11-9-/t17-/m0/s1. The van der Waals surface area contributed by atoms with E-state index in [1.54, 1.807) is 18.2 Å². The van der Waals surface area contributed by atoms with Crippen molar-refractivity contribution >= 4 is 12.0 Å². The lowest BCUT2D eigenvalue weighted by Gasteiger charge is -2.25. The molecule has 0 spiro atoms. The van der Waals surface area contributed by atoms with Crippen LogP contribution in [0, 0.1) is 6.92 Å². The number of carbonyl (C=O) groups excluding carboxylic acids is 1. The van der Waals surface area contributed by atoms with E-state index in [9.17, 15) is 13.6 Å². The number of nitrogens with zero attached hydrogens (tertiary/aromatic N) is 1. The SMILES string of the molecule is Cc1ccc([C@H](CNC(=O)/C=C\c2ccccc2OC(F)F)N2CCCC2)o1. The van der Waals surface area contributed by atoms with Crippen molar-refractivity contribution in [1.29, 1.82) is 0 Å². The van der Waals surface area contributed by atoms with Crippen LogP contribution in [0.2, 0.25) is 0 Å². The number of para-hydroxylation sites is 1. The molecule has 1 aromatic carbocycles. The second kappa shape index (κ2) is 9.50. The number of nitrogens with one attached hydrogen (secondary N) is 1. The van der Waals surface area contributed by atoms with Crippen LogP contribution in [0.15, 0.2) is 46.9 Å². The molecule has 1 aromatic heterocycles. The van der Waals surface area contributed by atoms with Gasteiger partial charge in [0.25, 0.3) is 0 Å². The molecular weight excluding hydrogens is 366 g/mol. The van der Waals surface area contributed by atoms with Gasteiger partial charge in [-0.05, 0) is 57.1 Å². The molecule has 2 heterocycles. The van der Waals surface area contributed by atoms with Gasteiger partial charge in [0.1, 0.15) is 17.3 Å². The average Bonchev–Trinajstić information content (AvgIpc) is 3.33. The second-order valence-electron chi connectivity index (χ2n) is 6.70. The number of ether oxygens (including phenoxy) is 1. The van der Waals surface area contributed by atoms with E-state index in [2.05, 4.69) is 15.0 Å². The Balaban J connectivity index is 1.63. The molecule has 0 aliphatic carbocycles. The third-order valence-electron chi connectivity index (χ3n) is 4.69. The van der Waals surface area contributed by atoms with E-state index in [0.717, 1.165) is 37.5 Å². The third kappa shape index (κ3) is 5.42. The van der Waals surface area contributed by atoms with Crippen molar-refractivity contribution < 1.29 is 22.7 Å². The van der Waals surface area contributed by atoms with Crippen molar-refractivity contribution in [2.24, 2.45) is 0 Å². The Bertz CT molecular complexity index is 813. The van der Waals surface area contributed by atoms with Gasteiger partial charge in [0.05, 0.1) is 6.04 Å². The summed E-state index contributed by atoms with van der Waals surface area (Å²) in [6.07, 6.45) is 5.05. The fourth-order valence-electron chi connectivity index (χ4n) is 3.34. The molecule has 0 bridgehead atoms. The minimum absolute atomic E-state index is 0.0250. The van der Waals surface area contributed by atoms with Crippen LogP contribution in [0.4, 0.5) is 8.78 Å². The molecular formula is C21H24F2N2O3. The molecule has 1 N–H and O–H groups in total. The van der Waals surface area contributed by atoms with Gasteiger partial charge in [-0.1, -0.05) is 18.2 Å².